The molecule has 0 aliphatic rings. The van der Waals surface area contributed by atoms with Crippen LogP contribution in [0.3, 0.4) is 0 Å². The minimum absolute atomic E-state index is 0.152. The van der Waals surface area contributed by atoms with Crippen LogP contribution in [0.25, 0.3) is 21.9 Å². The summed E-state index contributed by atoms with van der Waals surface area (Å²) in [6.45, 7) is 1.95. The highest BCUT2D eigenvalue weighted by molar-refractivity contribution is 6.03. The number of rotatable bonds is 0. The van der Waals surface area contributed by atoms with Gasteiger partial charge in [-0.1, -0.05) is 0 Å². The largest absolute Gasteiger partial charge is 0.504 e. The molecule has 0 saturated heterocycles. The standard InChI is InChI=1S/C11H8O3/c1-6-7-2-4-14-11(7)9(12)8-3-5-13-10(6)8/h2-5,12H,1H3. The zero-order valence-electron chi connectivity index (χ0n) is 7.57. The van der Waals surface area contributed by atoms with Crippen LogP contribution < -0.4 is 0 Å². The minimum Gasteiger partial charge on any atom is -0.504 e. The predicted molar refractivity (Wildman–Crippen MR) is 52.4 cm³/mol. The van der Waals surface area contributed by atoms with E-state index in [1.807, 2.05) is 13.0 Å². The van der Waals surface area contributed by atoms with Gasteiger partial charge in [0, 0.05) is 10.9 Å². The van der Waals surface area contributed by atoms with Gasteiger partial charge in [-0.2, -0.15) is 0 Å². The van der Waals surface area contributed by atoms with Crippen molar-refractivity contribution in [3.63, 3.8) is 0 Å². The Labute approximate surface area is 79.5 Å². The second-order valence-corrected chi connectivity index (χ2v) is 3.30. The molecule has 3 rings (SSSR count). The Morgan fingerprint density at radius 1 is 1.00 bits per heavy atom. The first kappa shape index (κ1) is 7.50. The number of aromatic hydroxyl groups is 1. The Kier molecular flexibility index (Phi) is 1.24. The average molecular weight is 188 g/mol. The Morgan fingerprint density at radius 2 is 1.64 bits per heavy atom. The first-order valence-electron chi connectivity index (χ1n) is 4.35. The van der Waals surface area contributed by atoms with Gasteiger partial charge in [0.2, 0.25) is 0 Å². The fraction of sp³-hybridized carbons (Fsp3) is 0.0909. The lowest BCUT2D eigenvalue weighted by Gasteiger charge is -1.99. The zero-order valence-corrected chi connectivity index (χ0v) is 7.57. The molecule has 1 aromatic carbocycles. The second kappa shape index (κ2) is 2.32. The molecule has 0 fully saturated rings. The van der Waals surface area contributed by atoms with Crippen LogP contribution >= 0.6 is 0 Å². The highest BCUT2D eigenvalue weighted by atomic mass is 16.4. The van der Waals surface area contributed by atoms with E-state index in [4.69, 9.17) is 8.83 Å². The van der Waals surface area contributed by atoms with Crippen molar-refractivity contribution in [2.75, 3.05) is 0 Å². The maximum absolute atomic E-state index is 9.86. The summed E-state index contributed by atoms with van der Waals surface area (Å²) >= 11 is 0. The number of aryl methyl sites for hydroxylation is 1. The summed E-state index contributed by atoms with van der Waals surface area (Å²) in [5, 5.41) is 11.5. The van der Waals surface area contributed by atoms with E-state index in [1.165, 1.54) is 0 Å². The first-order chi connectivity index (χ1) is 6.79. The summed E-state index contributed by atoms with van der Waals surface area (Å²) in [5.74, 6) is 0.152. The number of hydrogen-bond acceptors (Lipinski definition) is 3. The third-order valence-electron chi connectivity index (χ3n) is 2.55. The van der Waals surface area contributed by atoms with Crippen LogP contribution in [-0.4, -0.2) is 5.11 Å². The van der Waals surface area contributed by atoms with Crippen molar-refractivity contribution in [3.05, 3.63) is 30.2 Å². The molecule has 3 aromatic rings. The topological polar surface area (TPSA) is 46.5 Å². The second-order valence-electron chi connectivity index (χ2n) is 3.30. The molecule has 0 radical (unpaired) electrons. The highest BCUT2D eigenvalue weighted by Crippen LogP contribution is 2.37. The van der Waals surface area contributed by atoms with Crippen molar-refractivity contribution in [3.8, 4) is 5.75 Å². The van der Waals surface area contributed by atoms with Crippen LogP contribution in [0.15, 0.2) is 33.5 Å². The van der Waals surface area contributed by atoms with Crippen molar-refractivity contribution in [1.82, 2.24) is 0 Å². The molecule has 1 N–H and O–H groups in total. The summed E-state index contributed by atoms with van der Waals surface area (Å²) in [6, 6.07) is 3.56. The van der Waals surface area contributed by atoms with Crippen LogP contribution in [0.1, 0.15) is 5.56 Å². The van der Waals surface area contributed by atoms with Crippen molar-refractivity contribution < 1.29 is 13.9 Å². The lowest BCUT2D eigenvalue weighted by atomic mass is 10.1. The maximum atomic E-state index is 9.86. The van der Waals surface area contributed by atoms with E-state index >= 15 is 0 Å². The number of phenolic OH excluding ortho intramolecular Hbond substituents is 1. The smallest absolute Gasteiger partial charge is 0.176 e. The third kappa shape index (κ3) is 0.719. The molecule has 0 amide bonds. The third-order valence-corrected chi connectivity index (χ3v) is 2.55. The van der Waals surface area contributed by atoms with Crippen molar-refractivity contribution in [2.24, 2.45) is 0 Å². The molecule has 14 heavy (non-hydrogen) atoms. The number of hydrogen-bond donors (Lipinski definition) is 1. The Hall–Kier alpha value is -1.90. The van der Waals surface area contributed by atoms with Crippen molar-refractivity contribution >= 4 is 21.9 Å². The number of furan rings is 2. The number of phenols is 1. The molecule has 0 aliphatic heterocycles. The van der Waals surface area contributed by atoms with Gasteiger partial charge in [-0.3, -0.25) is 0 Å². The molecule has 0 saturated carbocycles. The molecule has 70 valence electrons. The van der Waals surface area contributed by atoms with Crippen LogP contribution in [0, 0.1) is 6.92 Å². The van der Waals surface area contributed by atoms with E-state index in [9.17, 15) is 5.11 Å². The molecule has 0 atom stereocenters. The molecular formula is C11H8O3. The number of fused-ring (bicyclic) bond motifs is 2. The summed E-state index contributed by atoms with van der Waals surface area (Å²) in [6.07, 6.45) is 3.13. The van der Waals surface area contributed by atoms with Crippen LogP contribution in [0.4, 0.5) is 0 Å². The minimum atomic E-state index is 0.152. The first-order valence-corrected chi connectivity index (χ1v) is 4.35. The predicted octanol–water partition coefficient (Wildman–Crippen LogP) is 3.19. The molecule has 3 heteroatoms. The van der Waals surface area contributed by atoms with Gasteiger partial charge in [0.15, 0.2) is 11.3 Å². The van der Waals surface area contributed by atoms with Crippen LogP contribution in [0.5, 0.6) is 5.75 Å². The van der Waals surface area contributed by atoms with E-state index in [1.54, 1.807) is 18.6 Å². The molecule has 0 aliphatic carbocycles. The van der Waals surface area contributed by atoms with E-state index in [-0.39, 0.29) is 5.75 Å². The summed E-state index contributed by atoms with van der Waals surface area (Å²) in [4.78, 5) is 0. The molecule has 2 heterocycles. The fourth-order valence-corrected chi connectivity index (χ4v) is 1.82. The van der Waals surface area contributed by atoms with E-state index in [2.05, 4.69) is 0 Å². The van der Waals surface area contributed by atoms with Crippen LogP contribution in [0.2, 0.25) is 0 Å². The fourth-order valence-electron chi connectivity index (χ4n) is 1.82. The van der Waals surface area contributed by atoms with Gasteiger partial charge in [0.1, 0.15) is 5.58 Å². The average Bonchev–Trinajstić information content (AvgIpc) is 2.82. The van der Waals surface area contributed by atoms with Gasteiger partial charge in [0.05, 0.1) is 17.9 Å². The molecule has 0 unspecified atom stereocenters. The van der Waals surface area contributed by atoms with E-state index < -0.39 is 0 Å². The Balaban J connectivity index is 2.72. The van der Waals surface area contributed by atoms with E-state index in [0.29, 0.717) is 11.0 Å². The van der Waals surface area contributed by atoms with Gasteiger partial charge in [-0.15, -0.1) is 0 Å². The Bertz CT molecular complexity index is 513. The van der Waals surface area contributed by atoms with E-state index in [0.717, 1.165) is 16.5 Å². The molecule has 2 aromatic heterocycles. The highest BCUT2D eigenvalue weighted by Gasteiger charge is 2.14. The quantitative estimate of drug-likeness (QED) is 0.589. The molecule has 0 bridgehead atoms. The van der Waals surface area contributed by atoms with Gasteiger partial charge in [-0.05, 0) is 19.1 Å². The summed E-state index contributed by atoms with van der Waals surface area (Å²) < 4.78 is 10.5. The van der Waals surface area contributed by atoms with Gasteiger partial charge < -0.3 is 13.9 Å². The normalized spacial score (nSPS) is 11.5. The van der Waals surface area contributed by atoms with Crippen LogP contribution in [-0.2, 0) is 0 Å². The maximum Gasteiger partial charge on any atom is 0.176 e. The SMILES string of the molecule is Cc1c2ccoc2c(O)c2ccoc12. The molecule has 0 spiro atoms. The summed E-state index contributed by atoms with van der Waals surface area (Å²) in [5.41, 5.74) is 2.24. The van der Waals surface area contributed by atoms with Crippen molar-refractivity contribution in [1.29, 1.82) is 0 Å². The lowest BCUT2D eigenvalue weighted by molar-refractivity contribution is 0.470. The van der Waals surface area contributed by atoms with Gasteiger partial charge in [0.25, 0.3) is 0 Å². The Morgan fingerprint density at radius 3 is 2.43 bits per heavy atom. The van der Waals surface area contributed by atoms with Gasteiger partial charge >= 0.3 is 0 Å². The monoisotopic (exact) mass is 188 g/mol. The lowest BCUT2D eigenvalue weighted by Crippen LogP contribution is -1.77. The molecular weight excluding hydrogens is 180 g/mol. The summed E-state index contributed by atoms with van der Waals surface area (Å²) in [7, 11) is 0. The van der Waals surface area contributed by atoms with Gasteiger partial charge in [-0.25, -0.2) is 0 Å². The number of benzene rings is 1. The van der Waals surface area contributed by atoms with Crippen molar-refractivity contribution in [2.45, 2.75) is 6.92 Å². The molecule has 3 nitrogen and oxygen atoms in total. The zero-order chi connectivity index (χ0) is 9.71.